The molecule has 0 aliphatic carbocycles. The smallest absolute Gasteiger partial charge is 0.268 e. The molecule has 1 saturated heterocycles. The molecule has 3 aromatic rings. The molecule has 8 heteroatoms. The van der Waals surface area contributed by atoms with E-state index in [-0.39, 0.29) is 17.7 Å². The molecular formula is C25H19F3N2O2S. The van der Waals surface area contributed by atoms with Crippen molar-refractivity contribution in [2.24, 2.45) is 0 Å². The standard InChI is InChI=1S/C25H19F3N2O2S/c1-15-5-10-22-19(13-15)25(24(32)29(22)14-18-20(27)3-2-4-21(18)28)30(11-12-33-25)23(31)16-6-8-17(26)9-7-16/h2-10,13H,11-12,14H2,1H3/t25-/m0/s1. The Hall–Kier alpha value is -3.26. The lowest BCUT2D eigenvalue weighted by atomic mass is 10.0. The van der Waals surface area contributed by atoms with Gasteiger partial charge in [0.25, 0.3) is 11.8 Å². The van der Waals surface area contributed by atoms with E-state index in [0.29, 0.717) is 23.5 Å². The summed E-state index contributed by atoms with van der Waals surface area (Å²) in [5, 5.41) is 0. The second-order valence-electron chi connectivity index (χ2n) is 8.07. The molecule has 0 bridgehead atoms. The van der Waals surface area contributed by atoms with Crippen LogP contribution in [-0.4, -0.2) is 29.0 Å². The van der Waals surface area contributed by atoms with Gasteiger partial charge in [-0.3, -0.25) is 9.59 Å². The first-order valence-corrected chi connectivity index (χ1v) is 11.4. The number of carbonyl (C=O) groups is 2. The van der Waals surface area contributed by atoms with Gasteiger partial charge in [0.15, 0.2) is 4.87 Å². The molecular weight excluding hydrogens is 449 g/mol. The van der Waals surface area contributed by atoms with Crippen LogP contribution in [0.2, 0.25) is 0 Å². The van der Waals surface area contributed by atoms with Gasteiger partial charge in [0, 0.05) is 29.0 Å². The second kappa shape index (κ2) is 7.95. The predicted molar refractivity (Wildman–Crippen MR) is 120 cm³/mol. The largest absolute Gasteiger partial charge is 0.311 e. The molecule has 0 saturated carbocycles. The molecule has 0 aromatic heterocycles. The highest BCUT2D eigenvalue weighted by Gasteiger charge is 2.59. The highest BCUT2D eigenvalue weighted by Crippen LogP contribution is 2.55. The van der Waals surface area contributed by atoms with Crippen molar-refractivity contribution >= 4 is 29.3 Å². The molecule has 2 heterocycles. The summed E-state index contributed by atoms with van der Waals surface area (Å²) in [5.41, 5.74) is 2.07. The van der Waals surface area contributed by atoms with Crippen LogP contribution in [0, 0.1) is 24.4 Å². The number of hydrogen-bond acceptors (Lipinski definition) is 3. The van der Waals surface area contributed by atoms with Crippen molar-refractivity contribution in [2.75, 3.05) is 17.2 Å². The molecule has 1 atom stereocenters. The summed E-state index contributed by atoms with van der Waals surface area (Å²) in [6.07, 6.45) is 0. The van der Waals surface area contributed by atoms with Crippen molar-refractivity contribution in [1.29, 1.82) is 0 Å². The maximum absolute atomic E-state index is 14.4. The lowest BCUT2D eigenvalue weighted by molar-refractivity contribution is -0.123. The molecule has 2 aliphatic rings. The number of anilines is 1. The predicted octanol–water partition coefficient (Wildman–Crippen LogP) is 5.00. The number of rotatable bonds is 3. The number of carbonyl (C=O) groups excluding carboxylic acids is 2. The van der Waals surface area contributed by atoms with E-state index in [1.807, 2.05) is 19.1 Å². The van der Waals surface area contributed by atoms with Gasteiger partial charge in [0.1, 0.15) is 17.5 Å². The lowest BCUT2D eigenvalue weighted by Gasteiger charge is -2.33. The van der Waals surface area contributed by atoms with Gasteiger partial charge in [0.2, 0.25) is 0 Å². The third-order valence-electron chi connectivity index (χ3n) is 6.06. The molecule has 168 valence electrons. The Labute approximate surface area is 193 Å². The maximum atomic E-state index is 14.4. The van der Waals surface area contributed by atoms with Gasteiger partial charge in [-0.25, -0.2) is 13.2 Å². The number of aryl methyl sites for hydroxylation is 1. The number of fused-ring (bicyclic) bond motifs is 2. The summed E-state index contributed by atoms with van der Waals surface area (Å²) < 4.78 is 42.2. The zero-order chi connectivity index (χ0) is 23.3. The highest BCUT2D eigenvalue weighted by atomic mass is 32.2. The quantitative estimate of drug-likeness (QED) is 0.543. The lowest BCUT2D eigenvalue weighted by Crippen LogP contribution is -2.50. The zero-order valence-corrected chi connectivity index (χ0v) is 18.5. The monoisotopic (exact) mass is 468 g/mol. The van der Waals surface area contributed by atoms with E-state index in [0.717, 1.165) is 17.7 Å². The fraction of sp³-hybridized carbons (Fsp3) is 0.200. The van der Waals surface area contributed by atoms with Crippen LogP contribution < -0.4 is 4.90 Å². The van der Waals surface area contributed by atoms with E-state index in [9.17, 15) is 22.8 Å². The third kappa shape index (κ3) is 3.31. The Balaban J connectivity index is 1.61. The summed E-state index contributed by atoms with van der Waals surface area (Å²) in [5.74, 6) is -2.27. The van der Waals surface area contributed by atoms with Gasteiger partial charge in [-0.15, -0.1) is 11.8 Å². The van der Waals surface area contributed by atoms with Crippen molar-refractivity contribution in [3.05, 3.63) is 100 Å². The normalized spacial score (nSPS) is 19.5. The van der Waals surface area contributed by atoms with Crippen molar-refractivity contribution in [2.45, 2.75) is 18.3 Å². The van der Waals surface area contributed by atoms with Crippen molar-refractivity contribution < 1.29 is 22.8 Å². The number of halogens is 3. The van der Waals surface area contributed by atoms with Gasteiger partial charge in [0.05, 0.1) is 12.2 Å². The van der Waals surface area contributed by atoms with Gasteiger partial charge < -0.3 is 9.80 Å². The topological polar surface area (TPSA) is 40.6 Å². The van der Waals surface area contributed by atoms with Crippen LogP contribution in [0.15, 0.2) is 60.7 Å². The highest BCUT2D eigenvalue weighted by molar-refractivity contribution is 8.01. The van der Waals surface area contributed by atoms with Crippen LogP contribution in [-0.2, 0) is 16.2 Å². The minimum absolute atomic E-state index is 0.214. The van der Waals surface area contributed by atoms with E-state index in [4.69, 9.17) is 0 Å². The molecule has 0 radical (unpaired) electrons. The number of hydrogen-bond donors (Lipinski definition) is 0. The minimum Gasteiger partial charge on any atom is -0.311 e. The number of thioether (sulfide) groups is 1. The molecule has 0 unspecified atom stereocenters. The zero-order valence-electron chi connectivity index (χ0n) is 17.6. The van der Waals surface area contributed by atoms with E-state index in [1.165, 1.54) is 51.9 Å². The van der Waals surface area contributed by atoms with Crippen LogP contribution in [0.25, 0.3) is 0 Å². The molecule has 1 spiro atoms. The third-order valence-corrected chi connectivity index (χ3v) is 7.48. The fourth-order valence-corrected chi connectivity index (χ4v) is 5.93. The number of nitrogens with zero attached hydrogens (tertiary/aromatic N) is 2. The molecule has 33 heavy (non-hydrogen) atoms. The van der Waals surface area contributed by atoms with E-state index in [2.05, 4.69) is 0 Å². The van der Waals surface area contributed by atoms with Crippen LogP contribution in [0.4, 0.5) is 18.9 Å². The van der Waals surface area contributed by atoms with Gasteiger partial charge >= 0.3 is 0 Å². The van der Waals surface area contributed by atoms with E-state index in [1.54, 1.807) is 6.07 Å². The summed E-state index contributed by atoms with van der Waals surface area (Å²) in [7, 11) is 0. The molecule has 4 nitrogen and oxygen atoms in total. The van der Waals surface area contributed by atoms with E-state index >= 15 is 0 Å². The average Bonchev–Trinajstić information content (AvgIpc) is 3.33. The number of amides is 2. The second-order valence-corrected chi connectivity index (χ2v) is 9.36. The van der Waals surface area contributed by atoms with Gasteiger partial charge in [-0.1, -0.05) is 23.8 Å². The fourth-order valence-electron chi connectivity index (χ4n) is 4.48. The molecule has 0 N–H and O–H groups in total. The Morgan fingerprint density at radius 1 is 1.03 bits per heavy atom. The van der Waals surface area contributed by atoms with Crippen LogP contribution in [0.3, 0.4) is 0 Å². The van der Waals surface area contributed by atoms with Gasteiger partial charge in [-0.2, -0.15) is 0 Å². The first kappa shape index (κ1) is 21.6. The van der Waals surface area contributed by atoms with Crippen LogP contribution >= 0.6 is 11.8 Å². The first-order chi connectivity index (χ1) is 15.8. The summed E-state index contributed by atoms with van der Waals surface area (Å²) in [6.45, 7) is 1.89. The molecule has 1 fully saturated rings. The SMILES string of the molecule is Cc1ccc2c(c1)[C@]1(SCCN1C(=O)c1ccc(F)cc1)C(=O)N2Cc1c(F)cccc1F. The average molecular weight is 469 g/mol. The van der Waals surface area contributed by atoms with E-state index < -0.39 is 34.1 Å². The summed E-state index contributed by atoms with van der Waals surface area (Å²) >= 11 is 1.32. The van der Waals surface area contributed by atoms with Crippen LogP contribution in [0.1, 0.15) is 27.0 Å². The molecule has 5 rings (SSSR count). The Bertz CT molecular complexity index is 1260. The first-order valence-electron chi connectivity index (χ1n) is 10.4. The van der Waals surface area contributed by atoms with Crippen molar-refractivity contribution in [1.82, 2.24) is 4.90 Å². The van der Waals surface area contributed by atoms with Crippen molar-refractivity contribution in [3.8, 4) is 0 Å². The summed E-state index contributed by atoms with van der Waals surface area (Å²) in [4.78, 5) is 28.8. The number of benzene rings is 3. The van der Waals surface area contributed by atoms with Crippen molar-refractivity contribution in [3.63, 3.8) is 0 Å². The molecule has 3 aromatic carbocycles. The van der Waals surface area contributed by atoms with Crippen LogP contribution in [0.5, 0.6) is 0 Å². The Kier molecular flexibility index (Phi) is 5.20. The van der Waals surface area contributed by atoms with Gasteiger partial charge in [-0.05, 0) is 49.4 Å². The minimum atomic E-state index is -1.35. The molecule has 2 aliphatic heterocycles. The Morgan fingerprint density at radius 3 is 2.42 bits per heavy atom. The summed E-state index contributed by atoms with van der Waals surface area (Å²) in [6, 6.07) is 14.2. The molecule has 2 amide bonds. The Morgan fingerprint density at radius 2 is 1.73 bits per heavy atom. The maximum Gasteiger partial charge on any atom is 0.268 e.